The number of carbonyl (C=O) groups excluding carboxylic acids is 1. The molecule has 5 heteroatoms. The maximum atomic E-state index is 12.0. The number of para-hydroxylation sites is 1. The van der Waals surface area contributed by atoms with Crippen LogP contribution in [0, 0.1) is 6.92 Å². The average Bonchev–Trinajstić information content (AvgIpc) is 2.49. The van der Waals surface area contributed by atoms with Crippen LogP contribution in [0.5, 0.6) is 5.75 Å². The molecule has 0 saturated heterocycles. The van der Waals surface area contributed by atoms with E-state index in [1.54, 1.807) is 0 Å². The Morgan fingerprint density at radius 2 is 1.91 bits per heavy atom. The van der Waals surface area contributed by atoms with Gasteiger partial charge in [0.15, 0.2) is 0 Å². The number of halogens is 1. The Kier molecular flexibility index (Phi) is 8.16. The zero-order chi connectivity index (χ0) is 15.8. The van der Waals surface area contributed by atoms with Gasteiger partial charge in [0.2, 0.25) is 5.91 Å². The van der Waals surface area contributed by atoms with Crippen LogP contribution in [0.25, 0.3) is 0 Å². The highest BCUT2D eigenvalue weighted by molar-refractivity contribution is 5.91. The van der Waals surface area contributed by atoms with E-state index in [1.165, 1.54) is 0 Å². The average molecular weight is 335 g/mol. The van der Waals surface area contributed by atoms with Crippen LogP contribution in [0.1, 0.15) is 17.5 Å². The topological polar surface area (TPSA) is 50.4 Å². The molecule has 23 heavy (non-hydrogen) atoms. The molecular weight excluding hydrogens is 312 g/mol. The first kappa shape index (κ1) is 19.0. The molecule has 0 atom stereocenters. The summed E-state index contributed by atoms with van der Waals surface area (Å²) in [7, 11) is 1.88. The summed E-state index contributed by atoms with van der Waals surface area (Å²) in [5.74, 6) is 0.750. The Labute approximate surface area is 143 Å². The van der Waals surface area contributed by atoms with E-state index in [1.807, 2.05) is 62.5 Å². The third-order valence-electron chi connectivity index (χ3n) is 3.25. The summed E-state index contributed by atoms with van der Waals surface area (Å²) in [6.07, 6.45) is 0.321. The summed E-state index contributed by atoms with van der Waals surface area (Å²) < 4.78 is 5.60. The van der Waals surface area contributed by atoms with Crippen LogP contribution < -0.4 is 15.4 Å². The van der Waals surface area contributed by atoms with Crippen LogP contribution in [0.4, 0.5) is 5.69 Å². The summed E-state index contributed by atoms with van der Waals surface area (Å²) in [4.78, 5) is 12.0. The van der Waals surface area contributed by atoms with Crippen molar-refractivity contribution < 1.29 is 9.53 Å². The Morgan fingerprint density at radius 1 is 1.13 bits per heavy atom. The normalized spacial score (nSPS) is 9.83. The molecule has 2 aromatic carbocycles. The first-order valence-electron chi connectivity index (χ1n) is 7.41. The molecule has 0 aliphatic rings. The zero-order valence-corrected chi connectivity index (χ0v) is 14.3. The van der Waals surface area contributed by atoms with Gasteiger partial charge in [-0.15, -0.1) is 12.4 Å². The fourth-order valence-corrected chi connectivity index (χ4v) is 2.17. The summed E-state index contributed by atoms with van der Waals surface area (Å²) in [6, 6.07) is 15.6. The van der Waals surface area contributed by atoms with E-state index < -0.39 is 0 Å². The highest BCUT2D eigenvalue weighted by atomic mass is 35.5. The van der Waals surface area contributed by atoms with Crippen LogP contribution in [0.15, 0.2) is 48.5 Å². The highest BCUT2D eigenvalue weighted by Gasteiger charge is 2.06. The molecule has 2 N–H and O–H groups in total. The molecule has 2 rings (SSSR count). The fourth-order valence-electron chi connectivity index (χ4n) is 2.17. The molecule has 2 aromatic rings. The van der Waals surface area contributed by atoms with Gasteiger partial charge in [0.25, 0.3) is 0 Å². The minimum Gasteiger partial charge on any atom is -0.493 e. The molecule has 0 aromatic heterocycles. The second-order valence-electron chi connectivity index (χ2n) is 5.15. The minimum atomic E-state index is -0.0452. The maximum Gasteiger partial charge on any atom is 0.227 e. The summed E-state index contributed by atoms with van der Waals surface area (Å²) >= 11 is 0. The largest absolute Gasteiger partial charge is 0.493 e. The lowest BCUT2D eigenvalue weighted by Gasteiger charge is -2.11. The Morgan fingerprint density at radius 3 is 2.65 bits per heavy atom. The predicted molar refractivity (Wildman–Crippen MR) is 96.4 cm³/mol. The van der Waals surface area contributed by atoms with Crippen LogP contribution in [0.3, 0.4) is 0 Å². The fraction of sp³-hybridized carbons (Fsp3) is 0.278. The number of rotatable bonds is 7. The smallest absolute Gasteiger partial charge is 0.227 e. The SMILES string of the molecule is CNCc1ccccc1NC(=O)CCOc1cccc(C)c1.Cl. The second-order valence-corrected chi connectivity index (χ2v) is 5.15. The number of amides is 1. The third kappa shape index (κ3) is 6.30. The number of ether oxygens (including phenoxy) is 1. The Hall–Kier alpha value is -2.04. The summed E-state index contributed by atoms with van der Waals surface area (Å²) in [5, 5.41) is 6.03. The van der Waals surface area contributed by atoms with Gasteiger partial charge in [-0.25, -0.2) is 0 Å². The van der Waals surface area contributed by atoms with Crippen molar-refractivity contribution in [3.8, 4) is 5.75 Å². The molecule has 0 radical (unpaired) electrons. The van der Waals surface area contributed by atoms with Gasteiger partial charge in [0, 0.05) is 12.2 Å². The number of anilines is 1. The molecule has 0 aliphatic heterocycles. The van der Waals surface area contributed by atoms with E-state index in [-0.39, 0.29) is 18.3 Å². The lowest BCUT2D eigenvalue weighted by molar-refractivity contribution is -0.116. The number of hydrogen-bond donors (Lipinski definition) is 2. The van der Waals surface area contributed by atoms with Gasteiger partial charge in [0.05, 0.1) is 13.0 Å². The minimum absolute atomic E-state index is 0. The van der Waals surface area contributed by atoms with Crippen molar-refractivity contribution in [2.75, 3.05) is 19.0 Å². The number of aryl methyl sites for hydroxylation is 1. The molecule has 0 saturated carbocycles. The first-order valence-corrected chi connectivity index (χ1v) is 7.41. The second kappa shape index (κ2) is 9.87. The van der Waals surface area contributed by atoms with Gasteiger partial charge < -0.3 is 15.4 Å². The van der Waals surface area contributed by atoms with E-state index in [4.69, 9.17) is 4.74 Å². The Balaban J connectivity index is 0.00000264. The van der Waals surface area contributed by atoms with Crippen molar-refractivity contribution in [3.63, 3.8) is 0 Å². The monoisotopic (exact) mass is 334 g/mol. The van der Waals surface area contributed by atoms with Crippen molar-refractivity contribution in [1.82, 2.24) is 5.32 Å². The van der Waals surface area contributed by atoms with Crippen molar-refractivity contribution in [1.29, 1.82) is 0 Å². The van der Waals surface area contributed by atoms with Crippen molar-refractivity contribution >= 4 is 24.0 Å². The van der Waals surface area contributed by atoms with Crippen LogP contribution >= 0.6 is 12.4 Å². The lowest BCUT2D eigenvalue weighted by atomic mass is 10.1. The van der Waals surface area contributed by atoms with E-state index in [9.17, 15) is 4.79 Å². The van der Waals surface area contributed by atoms with E-state index >= 15 is 0 Å². The number of carbonyl (C=O) groups is 1. The van der Waals surface area contributed by atoms with Crippen LogP contribution in [-0.4, -0.2) is 19.6 Å². The molecule has 0 aliphatic carbocycles. The first-order chi connectivity index (χ1) is 10.7. The van der Waals surface area contributed by atoms with Gasteiger partial charge >= 0.3 is 0 Å². The third-order valence-corrected chi connectivity index (χ3v) is 3.25. The Bertz CT molecular complexity index is 632. The van der Waals surface area contributed by atoms with Gasteiger partial charge in [-0.1, -0.05) is 30.3 Å². The van der Waals surface area contributed by atoms with E-state index in [0.717, 1.165) is 29.1 Å². The van der Waals surface area contributed by atoms with Gasteiger partial charge in [0.1, 0.15) is 5.75 Å². The molecule has 0 heterocycles. The molecule has 4 nitrogen and oxygen atoms in total. The van der Waals surface area contributed by atoms with Crippen molar-refractivity contribution in [2.24, 2.45) is 0 Å². The molecule has 0 bridgehead atoms. The van der Waals surface area contributed by atoms with Crippen LogP contribution in [-0.2, 0) is 11.3 Å². The maximum absolute atomic E-state index is 12.0. The molecular formula is C18H23ClN2O2. The number of nitrogens with one attached hydrogen (secondary N) is 2. The summed E-state index contributed by atoms with van der Waals surface area (Å²) in [5.41, 5.74) is 3.05. The van der Waals surface area contributed by atoms with Gasteiger partial charge in [-0.05, 0) is 43.3 Å². The number of benzene rings is 2. The lowest BCUT2D eigenvalue weighted by Crippen LogP contribution is -2.17. The van der Waals surface area contributed by atoms with Gasteiger partial charge in [-0.3, -0.25) is 4.79 Å². The predicted octanol–water partition coefficient (Wildman–Crippen LogP) is 3.54. The van der Waals surface area contributed by atoms with Crippen molar-refractivity contribution in [2.45, 2.75) is 19.9 Å². The molecule has 0 spiro atoms. The highest BCUT2D eigenvalue weighted by Crippen LogP contribution is 2.15. The molecule has 0 fully saturated rings. The van der Waals surface area contributed by atoms with Crippen LogP contribution in [0.2, 0.25) is 0 Å². The van der Waals surface area contributed by atoms with E-state index in [0.29, 0.717) is 13.0 Å². The standard InChI is InChI=1S/C18H22N2O2.ClH/c1-14-6-5-8-16(12-14)22-11-10-18(21)20-17-9-4-3-7-15(17)13-19-2;/h3-9,12,19H,10-11,13H2,1-2H3,(H,20,21);1H. The molecule has 124 valence electrons. The number of hydrogen-bond acceptors (Lipinski definition) is 3. The zero-order valence-electron chi connectivity index (χ0n) is 13.5. The van der Waals surface area contributed by atoms with Gasteiger partial charge in [-0.2, -0.15) is 0 Å². The van der Waals surface area contributed by atoms with E-state index in [2.05, 4.69) is 10.6 Å². The molecule has 0 unspecified atom stereocenters. The molecule has 1 amide bonds. The van der Waals surface area contributed by atoms with Crippen molar-refractivity contribution in [3.05, 3.63) is 59.7 Å². The quantitative estimate of drug-likeness (QED) is 0.814. The summed E-state index contributed by atoms with van der Waals surface area (Å²) in [6.45, 7) is 3.10.